The minimum absolute atomic E-state index is 0.00776. The molecule has 28 heavy (non-hydrogen) atoms. The van der Waals surface area contributed by atoms with E-state index in [1.54, 1.807) is 12.3 Å². The maximum Gasteiger partial charge on any atom is 0.315 e. The molecule has 148 valence electrons. The minimum Gasteiger partial charge on any atom is -0.356 e. The van der Waals surface area contributed by atoms with Crippen LogP contribution in [0.2, 0.25) is 0 Å². The van der Waals surface area contributed by atoms with Crippen LogP contribution in [0.4, 0.5) is 15.0 Å². The zero-order chi connectivity index (χ0) is 19.8. The average molecular weight is 385 g/mol. The van der Waals surface area contributed by atoms with Crippen LogP contribution in [0.5, 0.6) is 0 Å². The number of aromatic nitrogens is 1. The van der Waals surface area contributed by atoms with Crippen LogP contribution >= 0.6 is 0 Å². The highest BCUT2D eigenvalue weighted by Crippen LogP contribution is 2.17. The first-order valence-corrected chi connectivity index (χ1v) is 9.36. The van der Waals surface area contributed by atoms with Gasteiger partial charge in [0.05, 0.1) is 5.56 Å². The number of halogens is 1. The molecule has 2 heterocycles. The van der Waals surface area contributed by atoms with Gasteiger partial charge in [0.25, 0.3) is 5.91 Å². The van der Waals surface area contributed by atoms with Gasteiger partial charge >= 0.3 is 6.03 Å². The molecule has 3 N–H and O–H groups in total. The summed E-state index contributed by atoms with van der Waals surface area (Å²) in [7, 11) is 0. The van der Waals surface area contributed by atoms with Crippen LogP contribution in [0.15, 0.2) is 48.7 Å². The number of piperidine rings is 1. The molecule has 1 fully saturated rings. The summed E-state index contributed by atoms with van der Waals surface area (Å²) in [6.07, 6.45) is 3.46. The van der Waals surface area contributed by atoms with Crippen LogP contribution in [0.25, 0.3) is 0 Å². The number of hydrogen-bond donors (Lipinski definition) is 3. The smallest absolute Gasteiger partial charge is 0.315 e. The molecule has 1 aromatic heterocycles. The van der Waals surface area contributed by atoms with Gasteiger partial charge in [0.15, 0.2) is 0 Å². The van der Waals surface area contributed by atoms with Gasteiger partial charge in [-0.3, -0.25) is 4.79 Å². The Balaban J connectivity index is 1.32. The lowest BCUT2D eigenvalue weighted by Gasteiger charge is -2.33. The second-order valence-electron chi connectivity index (χ2n) is 6.59. The molecule has 8 heteroatoms. The molecule has 1 aliphatic heterocycles. The second-order valence-corrected chi connectivity index (χ2v) is 6.59. The summed E-state index contributed by atoms with van der Waals surface area (Å²) in [6.45, 7) is 2.15. The average Bonchev–Trinajstić information content (AvgIpc) is 2.72. The second kappa shape index (κ2) is 9.68. The number of carbonyl (C=O) groups is 2. The van der Waals surface area contributed by atoms with Gasteiger partial charge in [-0.2, -0.15) is 0 Å². The Morgan fingerprint density at radius 3 is 2.46 bits per heavy atom. The molecular weight excluding hydrogens is 361 g/mol. The minimum atomic E-state index is -0.567. The molecule has 7 nitrogen and oxygen atoms in total. The topological polar surface area (TPSA) is 86.4 Å². The van der Waals surface area contributed by atoms with Crippen molar-refractivity contribution in [3.8, 4) is 0 Å². The Bertz CT molecular complexity index is 794. The number of rotatable bonds is 6. The molecule has 3 amide bonds. The van der Waals surface area contributed by atoms with Crippen molar-refractivity contribution >= 4 is 17.8 Å². The lowest BCUT2D eigenvalue weighted by molar-refractivity contribution is 0.0949. The van der Waals surface area contributed by atoms with E-state index in [1.807, 2.05) is 18.2 Å². The van der Waals surface area contributed by atoms with Crippen molar-refractivity contribution in [2.75, 3.05) is 31.1 Å². The first kappa shape index (κ1) is 19.6. The third-order valence-electron chi connectivity index (χ3n) is 4.62. The molecule has 0 saturated carbocycles. The van der Waals surface area contributed by atoms with Crippen molar-refractivity contribution in [2.24, 2.45) is 0 Å². The number of nitrogens with one attached hydrogen (secondary N) is 3. The number of benzene rings is 1. The predicted octanol–water partition coefficient (Wildman–Crippen LogP) is 1.92. The lowest BCUT2D eigenvalue weighted by Crippen LogP contribution is -2.49. The molecule has 2 aromatic rings. The highest BCUT2D eigenvalue weighted by atomic mass is 19.1. The number of urea groups is 1. The molecule has 0 bridgehead atoms. The summed E-state index contributed by atoms with van der Waals surface area (Å²) in [5, 5.41) is 8.25. The third-order valence-corrected chi connectivity index (χ3v) is 4.62. The largest absolute Gasteiger partial charge is 0.356 e. The number of nitrogens with zero attached hydrogens (tertiary/aromatic N) is 2. The fraction of sp³-hybridized carbons (Fsp3) is 0.350. The van der Waals surface area contributed by atoms with Crippen LogP contribution in [-0.4, -0.2) is 49.1 Å². The molecule has 0 aliphatic carbocycles. The van der Waals surface area contributed by atoms with Crippen LogP contribution in [0.1, 0.15) is 23.2 Å². The molecule has 1 aromatic carbocycles. The maximum absolute atomic E-state index is 13.5. The molecule has 0 atom stereocenters. The Morgan fingerprint density at radius 2 is 1.75 bits per heavy atom. The molecule has 1 saturated heterocycles. The zero-order valence-corrected chi connectivity index (χ0v) is 15.5. The third kappa shape index (κ3) is 5.42. The molecule has 0 unspecified atom stereocenters. The molecule has 3 rings (SSSR count). The van der Waals surface area contributed by atoms with Crippen LogP contribution in [-0.2, 0) is 0 Å². The van der Waals surface area contributed by atoms with Gasteiger partial charge in [0.2, 0.25) is 0 Å². The number of hydrogen-bond acceptors (Lipinski definition) is 4. The first-order valence-electron chi connectivity index (χ1n) is 9.36. The zero-order valence-electron chi connectivity index (χ0n) is 15.5. The Morgan fingerprint density at radius 1 is 1.04 bits per heavy atom. The predicted molar refractivity (Wildman–Crippen MR) is 105 cm³/mol. The number of carbonyl (C=O) groups excluding carboxylic acids is 2. The van der Waals surface area contributed by atoms with Gasteiger partial charge < -0.3 is 20.9 Å². The van der Waals surface area contributed by atoms with Gasteiger partial charge in [0, 0.05) is 38.4 Å². The van der Waals surface area contributed by atoms with Gasteiger partial charge in [-0.1, -0.05) is 18.2 Å². The van der Waals surface area contributed by atoms with Gasteiger partial charge in [-0.15, -0.1) is 0 Å². The summed E-state index contributed by atoms with van der Waals surface area (Å²) in [5.74, 6) is -0.110. The van der Waals surface area contributed by atoms with E-state index in [2.05, 4.69) is 25.8 Å². The van der Waals surface area contributed by atoms with Crippen molar-refractivity contribution in [1.82, 2.24) is 20.9 Å². The summed E-state index contributed by atoms with van der Waals surface area (Å²) in [5.41, 5.74) is -0.00776. The van der Waals surface area contributed by atoms with E-state index in [9.17, 15) is 14.0 Å². The number of amides is 3. The van der Waals surface area contributed by atoms with Crippen molar-refractivity contribution in [2.45, 2.75) is 18.9 Å². The molecular formula is C20H24FN5O2. The Labute approximate surface area is 163 Å². The number of anilines is 1. The molecule has 1 aliphatic rings. The molecule has 0 radical (unpaired) electrons. The van der Waals surface area contributed by atoms with Crippen LogP contribution in [0.3, 0.4) is 0 Å². The Kier molecular flexibility index (Phi) is 6.78. The van der Waals surface area contributed by atoms with Crippen molar-refractivity contribution < 1.29 is 14.0 Å². The lowest BCUT2D eigenvalue weighted by atomic mass is 10.1. The highest BCUT2D eigenvalue weighted by molar-refractivity contribution is 5.94. The summed E-state index contributed by atoms with van der Waals surface area (Å²) >= 11 is 0. The standard InChI is InChI=1S/C20H24FN5O2/c21-17-6-2-1-5-16(17)19(27)23-11-12-24-20(28)25-15-8-13-26(14-9-15)18-7-3-4-10-22-18/h1-7,10,15H,8-9,11-14H2,(H,23,27)(H2,24,25,28). The monoisotopic (exact) mass is 385 g/mol. The first-order chi connectivity index (χ1) is 13.6. The van der Waals surface area contributed by atoms with Gasteiger partial charge in [-0.25, -0.2) is 14.2 Å². The van der Waals surface area contributed by atoms with E-state index in [1.165, 1.54) is 18.2 Å². The fourth-order valence-corrected chi connectivity index (χ4v) is 3.12. The summed E-state index contributed by atoms with van der Waals surface area (Å²) < 4.78 is 13.5. The van der Waals surface area contributed by atoms with Crippen molar-refractivity contribution in [3.63, 3.8) is 0 Å². The summed E-state index contributed by atoms with van der Waals surface area (Å²) in [6, 6.07) is 11.5. The van der Waals surface area contributed by atoms with Gasteiger partial charge in [-0.05, 0) is 37.1 Å². The van der Waals surface area contributed by atoms with E-state index < -0.39 is 11.7 Å². The quantitative estimate of drug-likeness (QED) is 0.663. The highest BCUT2D eigenvalue weighted by Gasteiger charge is 2.21. The number of pyridine rings is 1. The van der Waals surface area contributed by atoms with E-state index in [0.717, 1.165) is 31.7 Å². The van der Waals surface area contributed by atoms with E-state index in [4.69, 9.17) is 0 Å². The van der Waals surface area contributed by atoms with E-state index in [0.29, 0.717) is 0 Å². The molecule has 0 spiro atoms. The van der Waals surface area contributed by atoms with Crippen molar-refractivity contribution in [3.05, 3.63) is 60.0 Å². The SMILES string of the molecule is O=C(NCCNC(=O)c1ccccc1F)NC1CCN(c2ccccn2)CC1. The van der Waals surface area contributed by atoms with Crippen LogP contribution < -0.4 is 20.9 Å². The van der Waals surface area contributed by atoms with Crippen molar-refractivity contribution in [1.29, 1.82) is 0 Å². The van der Waals surface area contributed by atoms with E-state index >= 15 is 0 Å². The maximum atomic E-state index is 13.5. The summed E-state index contributed by atoms with van der Waals surface area (Å²) in [4.78, 5) is 30.4. The fourth-order valence-electron chi connectivity index (χ4n) is 3.12. The van der Waals surface area contributed by atoms with Gasteiger partial charge in [0.1, 0.15) is 11.6 Å². The normalized spacial score (nSPS) is 14.4. The van der Waals surface area contributed by atoms with E-state index in [-0.39, 0.29) is 30.7 Å². The Hall–Kier alpha value is -3.16. The van der Waals surface area contributed by atoms with Crippen LogP contribution in [0, 0.1) is 5.82 Å².